The largest absolute Gasteiger partial charge is 0.490 e. The highest BCUT2D eigenvalue weighted by atomic mass is 32.1. The maximum absolute atomic E-state index is 12.2. The van der Waals surface area contributed by atoms with Crippen molar-refractivity contribution in [1.82, 2.24) is 15.0 Å². The van der Waals surface area contributed by atoms with Crippen LogP contribution in [0.1, 0.15) is 24.3 Å². The van der Waals surface area contributed by atoms with E-state index in [4.69, 9.17) is 14.2 Å². The Kier molecular flexibility index (Phi) is 7.28. The number of amides is 1. The first-order valence-electron chi connectivity index (χ1n) is 9.20. The SMILES string of the molecule is CCOc1ccc(NC(=O)COC(=O)c2csc(-c3ncccn3)n2)cc1OCC. The molecular formula is C20H20N4O5S. The standard InChI is InChI=1S/C20H20N4O5S/c1-3-27-15-7-6-13(10-16(15)28-4-2)23-17(25)11-29-20(26)14-12-30-19(24-14)18-21-8-5-9-22-18/h5-10,12H,3-4,11H2,1-2H3,(H,23,25). The molecule has 10 heteroatoms. The van der Waals surface area contributed by atoms with Gasteiger partial charge in [0.2, 0.25) is 0 Å². The van der Waals surface area contributed by atoms with E-state index >= 15 is 0 Å². The molecule has 0 aliphatic heterocycles. The predicted molar refractivity (Wildman–Crippen MR) is 111 cm³/mol. The first-order valence-corrected chi connectivity index (χ1v) is 10.1. The van der Waals surface area contributed by atoms with Gasteiger partial charge in [0.25, 0.3) is 5.91 Å². The van der Waals surface area contributed by atoms with E-state index in [1.807, 2.05) is 13.8 Å². The fourth-order valence-electron chi connectivity index (χ4n) is 2.41. The predicted octanol–water partition coefficient (Wildman–Crippen LogP) is 3.19. The minimum absolute atomic E-state index is 0.0925. The van der Waals surface area contributed by atoms with Crippen molar-refractivity contribution in [1.29, 1.82) is 0 Å². The summed E-state index contributed by atoms with van der Waals surface area (Å²) in [6.45, 7) is 4.23. The molecule has 3 aromatic rings. The monoisotopic (exact) mass is 428 g/mol. The molecule has 0 aliphatic carbocycles. The Morgan fingerprint density at radius 2 is 1.80 bits per heavy atom. The Morgan fingerprint density at radius 3 is 2.53 bits per heavy atom. The number of aromatic nitrogens is 3. The molecule has 3 rings (SSSR count). The summed E-state index contributed by atoms with van der Waals surface area (Å²) in [5.74, 6) is 0.333. The number of hydrogen-bond donors (Lipinski definition) is 1. The van der Waals surface area contributed by atoms with Crippen LogP contribution < -0.4 is 14.8 Å². The van der Waals surface area contributed by atoms with Gasteiger partial charge in [0.05, 0.1) is 13.2 Å². The maximum Gasteiger partial charge on any atom is 0.358 e. The summed E-state index contributed by atoms with van der Waals surface area (Å²) < 4.78 is 16.1. The summed E-state index contributed by atoms with van der Waals surface area (Å²) >= 11 is 1.22. The molecule has 0 spiro atoms. The molecule has 0 radical (unpaired) electrons. The molecule has 0 atom stereocenters. The van der Waals surface area contributed by atoms with Crippen LogP contribution in [0, 0.1) is 0 Å². The van der Waals surface area contributed by atoms with Gasteiger partial charge in [-0.1, -0.05) is 0 Å². The Labute approximate surface area is 177 Å². The second kappa shape index (κ2) is 10.3. The topological polar surface area (TPSA) is 113 Å². The summed E-state index contributed by atoms with van der Waals surface area (Å²) in [5, 5.41) is 4.68. The molecular weight excluding hydrogens is 408 g/mol. The van der Waals surface area contributed by atoms with Crippen molar-refractivity contribution in [2.45, 2.75) is 13.8 Å². The van der Waals surface area contributed by atoms with Crippen molar-refractivity contribution in [3.05, 3.63) is 47.7 Å². The molecule has 0 fully saturated rings. The van der Waals surface area contributed by atoms with Crippen LogP contribution in [0.2, 0.25) is 0 Å². The molecule has 0 saturated heterocycles. The number of nitrogens with zero attached hydrogens (tertiary/aromatic N) is 3. The quantitative estimate of drug-likeness (QED) is 0.517. The van der Waals surface area contributed by atoms with Gasteiger partial charge in [0.15, 0.2) is 34.6 Å². The van der Waals surface area contributed by atoms with Crippen LogP contribution in [0.3, 0.4) is 0 Å². The fraction of sp³-hybridized carbons (Fsp3) is 0.250. The number of esters is 1. The third-order valence-corrected chi connectivity index (χ3v) is 4.47. The van der Waals surface area contributed by atoms with Crippen LogP contribution in [0.4, 0.5) is 5.69 Å². The highest BCUT2D eigenvalue weighted by molar-refractivity contribution is 7.13. The summed E-state index contributed by atoms with van der Waals surface area (Å²) in [6, 6.07) is 6.73. The van der Waals surface area contributed by atoms with Gasteiger partial charge in [0, 0.05) is 29.5 Å². The van der Waals surface area contributed by atoms with Gasteiger partial charge in [-0.05, 0) is 32.0 Å². The van der Waals surface area contributed by atoms with E-state index in [9.17, 15) is 9.59 Å². The number of hydrogen-bond acceptors (Lipinski definition) is 9. The highest BCUT2D eigenvalue weighted by Crippen LogP contribution is 2.30. The number of ether oxygens (including phenoxy) is 3. The van der Waals surface area contributed by atoms with Crippen molar-refractivity contribution < 1.29 is 23.8 Å². The van der Waals surface area contributed by atoms with Gasteiger partial charge in [-0.25, -0.2) is 19.7 Å². The molecule has 156 valence electrons. The van der Waals surface area contributed by atoms with Gasteiger partial charge in [-0.2, -0.15) is 0 Å². The fourth-order valence-corrected chi connectivity index (χ4v) is 3.14. The van der Waals surface area contributed by atoms with Crippen LogP contribution in [0.5, 0.6) is 11.5 Å². The van der Waals surface area contributed by atoms with Crippen molar-refractivity contribution in [3.63, 3.8) is 0 Å². The van der Waals surface area contributed by atoms with E-state index in [1.165, 1.54) is 16.7 Å². The normalized spacial score (nSPS) is 10.3. The van der Waals surface area contributed by atoms with Gasteiger partial charge in [0.1, 0.15) is 0 Å². The van der Waals surface area contributed by atoms with E-state index in [1.54, 1.807) is 36.7 Å². The van der Waals surface area contributed by atoms with Crippen molar-refractivity contribution in [2.75, 3.05) is 25.1 Å². The zero-order valence-corrected chi connectivity index (χ0v) is 17.3. The number of rotatable bonds is 9. The Bertz CT molecular complexity index is 1010. The Balaban J connectivity index is 1.56. The molecule has 30 heavy (non-hydrogen) atoms. The zero-order chi connectivity index (χ0) is 21.3. The number of carbonyl (C=O) groups excluding carboxylic acids is 2. The van der Waals surface area contributed by atoms with Crippen LogP contribution in [-0.4, -0.2) is 46.6 Å². The molecule has 1 amide bonds. The van der Waals surface area contributed by atoms with E-state index in [2.05, 4.69) is 20.3 Å². The number of carbonyl (C=O) groups is 2. The lowest BCUT2D eigenvalue weighted by molar-refractivity contribution is -0.119. The molecule has 0 aliphatic rings. The second-order valence-electron chi connectivity index (χ2n) is 5.76. The minimum atomic E-state index is -0.703. The Hall–Kier alpha value is -3.53. The average molecular weight is 428 g/mol. The van der Waals surface area contributed by atoms with Gasteiger partial charge in [-0.15, -0.1) is 11.3 Å². The molecule has 1 aromatic carbocycles. The lowest BCUT2D eigenvalue weighted by Crippen LogP contribution is -2.21. The minimum Gasteiger partial charge on any atom is -0.490 e. The highest BCUT2D eigenvalue weighted by Gasteiger charge is 2.16. The molecule has 1 N–H and O–H groups in total. The van der Waals surface area contributed by atoms with Crippen LogP contribution in [-0.2, 0) is 9.53 Å². The molecule has 2 aromatic heterocycles. The Morgan fingerprint density at radius 1 is 1.07 bits per heavy atom. The second-order valence-corrected chi connectivity index (χ2v) is 6.62. The smallest absolute Gasteiger partial charge is 0.358 e. The third kappa shape index (κ3) is 5.51. The summed E-state index contributed by atoms with van der Waals surface area (Å²) in [5.41, 5.74) is 0.593. The number of benzene rings is 1. The van der Waals surface area contributed by atoms with Crippen molar-refractivity contribution in [2.24, 2.45) is 0 Å². The van der Waals surface area contributed by atoms with Crippen molar-refractivity contribution in [3.8, 4) is 22.3 Å². The number of nitrogens with one attached hydrogen (secondary N) is 1. The van der Waals surface area contributed by atoms with E-state index in [0.717, 1.165) is 0 Å². The van der Waals surface area contributed by atoms with Crippen LogP contribution in [0.15, 0.2) is 42.0 Å². The molecule has 0 saturated carbocycles. The van der Waals surface area contributed by atoms with Gasteiger partial charge >= 0.3 is 5.97 Å². The van der Waals surface area contributed by atoms with E-state index < -0.39 is 18.5 Å². The van der Waals surface area contributed by atoms with E-state index in [0.29, 0.717) is 41.2 Å². The third-order valence-electron chi connectivity index (χ3n) is 3.63. The summed E-state index contributed by atoms with van der Waals surface area (Å²) in [7, 11) is 0. The lowest BCUT2D eigenvalue weighted by Gasteiger charge is -2.13. The maximum atomic E-state index is 12.2. The first kappa shape index (κ1) is 21.2. The first-order chi connectivity index (χ1) is 14.6. The van der Waals surface area contributed by atoms with Crippen LogP contribution in [0.25, 0.3) is 10.8 Å². The molecule has 9 nitrogen and oxygen atoms in total. The van der Waals surface area contributed by atoms with E-state index in [-0.39, 0.29) is 5.69 Å². The summed E-state index contributed by atoms with van der Waals surface area (Å²) in [6.07, 6.45) is 3.17. The average Bonchev–Trinajstić information content (AvgIpc) is 3.25. The molecule has 2 heterocycles. The van der Waals surface area contributed by atoms with Gasteiger partial charge in [-0.3, -0.25) is 4.79 Å². The lowest BCUT2D eigenvalue weighted by atomic mass is 10.2. The summed E-state index contributed by atoms with van der Waals surface area (Å²) in [4.78, 5) is 36.6. The van der Waals surface area contributed by atoms with Gasteiger partial charge < -0.3 is 19.5 Å². The zero-order valence-electron chi connectivity index (χ0n) is 16.5. The number of thiazole rings is 1. The number of anilines is 1. The van der Waals surface area contributed by atoms with Crippen LogP contribution >= 0.6 is 11.3 Å². The molecule has 0 bridgehead atoms. The molecule has 0 unspecified atom stereocenters. The van der Waals surface area contributed by atoms with Crippen molar-refractivity contribution >= 4 is 28.9 Å².